The molecule has 6 nitrogen and oxygen atoms in total. The number of hydrogen-bond acceptors (Lipinski definition) is 5. The van der Waals surface area contributed by atoms with E-state index in [0.29, 0.717) is 5.92 Å². The molecule has 3 rings (SSSR count). The van der Waals surface area contributed by atoms with Crippen LogP contribution in [0.3, 0.4) is 0 Å². The van der Waals surface area contributed by atoms with Crippen molar-refractivity contribution in [3.8, 4) is 5.69 Å². The van der Waals surface area contributed by atoms with Crippen molar-refractivity contribution in [2.24, 2.45) is 5.92 Å². The van der Waals surface area contributed by atoms with Gasteiger partial charge in [-0.15, -0.1) is 5.10 Å². The van der Waals surface area contributed by atoms with E-state index in [9.17, 15) is 0 Å². The van der Waals surface area contributed by atoms with Crippen LogP contribution in [-0.4, -0.2) is 49.9 Å². The molecule has 1 aliphatic heterocycles. The smallest absolute Gasteiger partial charge is 0.170 e. The summed E-state index contributed by atoms with van der Waals surface area (Å²) in [6.07, 6.45) is 0. The van der Waals surface area contributed by atoms with Crippen molar-refractivity contribution in [3.05, 3.63) is 36.2 Å². The molecular formula is C12H15N5O. The molecule has 1 saturated heterocycles. The largest absolute Gasteiger partial charge is 0.396 e. The van der Waals surface area contributed by atoms with Gasteiger partial charge in [0.1, 0.15) is 0 Å². The Kier molecular flexibility index (Phi) is 3.04. The molecule has 0 amide bonds. The first kappa shape index (κ1) is 11.3. The van der Waals surface area contributed by atoms with E-state index in [0.717, 1.165) is 31.1 Å². The van der Waals surface area contributed by atoms with Gasteiger partial charge in [0.05, 0.1) is 12.2 Å². The third-order valence-corrected chi connectivity index (χ3v) is 3.19. The minimum absolute atomic E-state index is 0.264. The first-order valence-corrected chi connectivity index (χ1v) is 6.02. The fourth-order valence-corrected chi connectivity index (χ4v) is 2.20. The molecule has 0 saturated carbocycles. The molecule has 0 atom stereocenters. The van der Waals surface area contributed by atoms with E-state index in [2.05, 4.69) is 20.4 Å². The van der Waals surface area contributed by atoms with Gasteiger partial charge in [0.25, 0.3) is 0 Å². The van der Waals surface area contributed by atoms with E-state index < -0.39 is 0 Å². The second-order valence-corrected chi connectivity index (χ2v) is 4.59. The highest BCUT2D eigenvalue weighted by Crippen LogP contribution is 2.17. The van der Waals surface area contributed by atoms with Crippen molar-refractivity contribution >= 4 is 0 Å². The van der Waals surface area contributed by atoms with E-state index in [1.165, 1.54) is 0 Å². The molecule has 1 aromatic carbocycles. The molecule has 94 valence electrons. The Labute approximate surface area is 105 Å². The molecule has 0 spiro atoms. The molecule has 1 fully saturated rings. The van der Waals surface area contributed by atoms with Gasteiger partial charge in [0.15, 0.2) is 5.82 Å². The minimum Gasteiger partial charge on any atom is -0.396 e. The van der Waals surface area contributed by atoms with E-state index >= 15 is 0 Å². The third-order valence-electron chi connectivity index (χ3n) is 3.19. The Bertz CT molecular complexity index is 506. The Morgan fingerprint density at radius 3 is 2.72 bits per heavy atom. The van der Waals surface area contributed by atoms with E-state index in [1.54, 1.807) is 4.68 Å². The fraction of sp³-hybridized carbons (Fsp3) is 0.417. The Morgan fingerprint density at radius 2 is 2.00 bits per heavy atom. The van der Waals surface area contributed by atoms with E-state index in [-0.39, 0.29) is 6.61 Å². The van der Waals surface area contributed by atoms with Crippen LogP contribution in [0.4, 0.5) is 0 Å². The van der Waals surface area contributed by atoms with Crippen LogP contribution in [0.1, 0.15) is 5.82 Å². The average molecular weight is 245 g/mol. The molecule has 0 unspecified atom stereocenters. The Hall–Kier alpha value is -1.79. The number of likely N-dealkylation sites (tertiary alicyclic amines) is 1. The lowest BCUT2D eigenvalue weighted by molar-refractivity contribution is 0.0454. The van der Waals surface area contributed by atoms with Crippen LogP contribution in [0.5, 0.6) is 0 Å². The predicted molar refractivity (Wildman–Crippen MR) is 65.0 cm³/mol. The van der Waals surface area contributed by atoms with Crippen molar-refractivity contribution < 1.29 is 5.11 Å². The van der Waals surface area contributed by atoms with Gasteiger partial charge in [0.2, 0.25) is 0 Å². The van der Waals surface area contributed by atoms with Gasteiger partial charge in [0, 0.05) is 25.6 Å². The van der Waals surface area contributed by atoms with Gasteiger partial charge in [-0.2, -0.15) is 4.68 Å². The summed E-state index contributed by atoms with van der Waals surface area (Å²) in [7, 11) is 0. The lowest BCUT2D eigenvalue weighted by Crippen LogP contribution is -2.47. The number of aromatic nitrogens is 4. The maximum atomic E-state index is 8.99. The van der Waals surface area contributed by atoms with Crippen molar-refractivity contribution in [1.82, 2.24) is 25.1 Å². The van der Waals surface area contributed by atoms with Crippen molar-refractivity contribution in [3.63, 3.8) is 0 Å². The number of aliphatic hydroxyl groups is 1. The number of hydrogen-bond donors (Lipinski definition) is 1. The average Bonchev–Trinajstić information content (AvgIpc) is 2.82. The molecule has 2 aromatic rings. The maximum Gasteiger partial charge on any atom is 0.170 e. The molecule has 18 heavy (non-hydrogen) atoms. The summed E-state index contributed by atoms with van der Waals surface area (Å²) in [5.74, 6) is 1.24. The number of aliphatic hydroxyl groups excluding tert-OH is 1. The van der Waals surface area contributed by atoms with Crippen LogP contribution in [0.15, 0.2) is 30.3 Å². The van der Waals surface area contributed by atoms with Crippen LogP contribution < -0.4 is 0 Å². The van der Waals surface area contributed by atoms with Crippen LogP contribution in [0.25, 0.3) is 5.69 Å². The summed E-state index contributed by atoms with van der Waals surface area (Å²) < 4.78 is 1.76. The summed E-state index contributed by atoms with van der Waals surface area (Å²) in [4.78, 5) is 2.23. The highest BCUT2D eigenvalue weighted by Gasteiger charge is 2.27. The van der Waals surface area contributed by atoms with Crippen molar-refractivity contribution in [2.75, 3.05) is 19.7 Å². The van der Waals surface area contributed by atoms with Crippen LogP contribution in [0.2, 0.25) is 0 Å². The zero-order chi connectivity index (χ0) is 12.4. The first-order valence-electron chi connectivity index (χ1n) is 6.02. The summed E-state index contributed by atoms with van der Waals surface area (Å²) in [6, 6.07) is 9.85. The van der Waals surface area contributed by atoms with Gasteiger partial charge in [-0.05, 0) is 22.6 Å². The molecule has 1 aliphatic rings. The fourth-order valence-electron chi connectivity index (χ4n) is 2.20. The highest BCUT2D eigenvalue weighted by atomic mass is 16.3. The number of tetrazole rings is 1. The van der Waals surface area contributed by atoms with Gasteiger partial charge in [-0.1, -0.05) is 18.2 Å². The maximum absolute atomic E-state index is 8.99. The Morgan fingerprint density at radius 1 is 1.22 bits per heavy atom. The molecule has 0 aliphatic carbocycles. The Balaban J connectivity index is 1.73. The lowest BCUT2D eigenvalue weighted by Gasteiger charge is -2.37. The zero-order valence-electron chi connectivity index (χ0n) is 9.98. The lowest BCUT2D eigenvalue weighted by atomic mass is 10.0. The molecule has 0 radical (unpaired) electrons. The second kappa shape index (κ2) is 4.83. The molecule has 0 bridgehead atoms. The van der Waals surface area contributed by atoms with E-state index in [4.69, 9.17) is 5.11 Å². The zero-order valence-corrected chi connectivity index (χ0v) is 9.98. The molecule has 1 aromatic heterocycles. The normalized spacial score (nSPS) is 16.7. The standard InChI is InChI=1S/C12H15N5O/c18-9-10-6-16(7-10)8-12-13-14-15-17(12)11-4-2-1-3-5-11/h1-5,10,18H,6-9H2. The monoisotopic (exact) mass is 245 g/mol. The van der Waals surface area contributed by atoms with Gasteiger partial charge >= 0.3 is 0 Å². The summed E-state index contributed by atoms with van der Waals surface area (Å²) in [6.45, 7) is 2.81. The third kappa shape index (κ3) is 2.12. The molecule has 2 heterocycles. The molecular weight excluding hydrogens is 230 g/mol. The predicted octanol–water partition coefficient (Wildman–Crippen LogP) is 0.0864. The number of rotatable bonds is 4. The molecule has 1 N–H and O–H groups in total. The summed E-state index contributed by atoms with van der Waals surface area (Å²) >= 11 is 0. The topological polar surface area (TPSA) is 67.1 Å². The number of benzene rings is 1. The quantitative estimate of drug-likeness (QED) is 0.826. The highest BCUT2D eigenvalue weighted by molar-refractivity contribution is 5.30. The summed E-state index contributed by atoms with van der Waals surface area (Å²) in [5, 5.41) is 20.8. The van der Waals surface area contributed by atoms with Crippen LogP contribution >= 0.6 is 0 Å². The minimum atomic E-state index is 0.264. The first-order chi connectivity index (χ1) is 8.86. The number of nitrogens with zero attached hydrogens (tertiary/aromatic N) is 5. The van der Waals surface area contributed by atoms with Gasteiger partial charge in [-0.25, -0.2) is 0 Å². The second-order valence-electron chi connectivity index (χ2n) is 4.59. The van der Waals surface area contributed by atoms with Gasteiger partial charge < -0.3 is 5.11 Å². The van der Waals surface area contributed by atoms with Gasteiger partial charge in [-0.3, -0.25) is 4.90 Å². The molecule has 6 heteroatoms. The van der Waals surface area contributed by atoms with Crippen LogP contribution in [-0.2, 0) is 6.54 Å². The SMILES string of the molecule is OCC1CN(Cc2nnnn2-c2ccccc2)C1. The van der Waals surface area contributed by atoms with Crippen LogP contribution in [0, 0.1) is 5.92 Å². The van der Waals surface area contributed by atoms with Crippen molar-refractivity contribution in [2.45, 2.75) is 6.54 Å². The van der Waals surface area contributed by atoms with Crippen molar-refractivity contribution in [1.29, 1.82) is 0 Å². The van der Waals surface area contributed by atoms with E-state index in [1.807, 2.05) is 30.3 Å². The summed E-state index contributed by atoms with van der Waals surface area (Å²) in [5.41, 5.74) is 0.969. The number of para-hydroxylation sites is 1.